The van der Waals surface area contributed by atoms with Crippen LogP contribution in [0.1, 0.15) is 30.0 Å². The van der Waals surface area contributed by atoms with E-state index in [1.807, 2.05) is 0 Å². The molecule has 1 aromatic heterocycles. The Balaban J connectivity index is 1.89. The predicted octanol–water partition coefficient (Wildman–Crippen LogP) is 2.00. The first-order valence-corrected chi connectivity index (χ1v) is 8.85. The van der Waals surface area contributed by atoms with E-state index < -0.39 is 23.8 Å². The maximum atomic E-state index is 12.8. The zero-order valence-corrected chi connectivity index (χ0v) is 15.8. The van der Waals surface area contributed by atoms with Crippen LogP contribution in [0.15, 0.2) is 46.7 Å². The van der Waals surface area contributed by atoms with Crippen molar-refractivity contribution in [2.45, 2.75) is 19.9 Å². The predicted molar refractivity (Wildman–Crippen MR) is 101 cm³/mol. The summed E-state index contributed by atoms with van der Waals surface area (Å²) in [7, 11) is 0. The molecule has 29 heavy (non-hydrogen) atoms. The van der Waals surface area contributed by atoms with Crippen molar-refractivity contribution < 1.29 is 33.4 Å². The SMILES string of the molecule is CC(C)[C@H](NC(=O)/C(=C/c1ccc2c(c1)OCO2)NC(=O)c1ccco1)C(=O)O. The van der Waals surface area contributed by atoms with Gasteiger partial charge in [-0.25, -0.2) is 4.79 Å². The Morgan fingerprint density at radius 2 is 1.90 bits per heavy atom. The summed E-state index contributed by atoms with van der Waals surface area (Å²) >= 11 is 0. The topological polar surface area (TPSA) is 127 Å². The van der Waals surface area contributed by atoms with Gasteiger partial charge in [-0.05, 0) is 41.8 Å². The van der Waals surface area contributed by atoms with Crippen LogP contribution in [0.4, 0.5) is 0 Å². The van der Waals surface area contributed by atoms with Crippen LogP contribution < -0.4 is 20.1 Å². The third-order valence-electron chi connectivity index (χ3n) is 4.16. The Hall–Kier alpha value is -3.75. The van der Waals surface area contributed by atoms with Gasteiger partial charge in [0.05, 0.1) is 6.26 Å². The normalized spacial score (nSPS) is 13.8. The Bertz CT molecular complexity index is 948. The number of amides is 2. The summed E-state index contributed by atoms with van der Waals surface area (Å²) in [5, 5.41) is 14.2. The van der Waals surface area contributed by atoms with Crippen molar-refractivity contribution in [3.8, 4) is 11.5 Å². The second-order valence-electron chi connectivity index (χ2n) is 6.64. The van der Waals surface area contributed by atoms with E-state index in [1.165, 1.54) is 24.5 Å². The first-order chi connectivity index (χ1) is 13.8. The number of hydrogen-bond acceptors (Lipinski definition) is 6. The summed E-state index contributed by atoms with van der Waals surface area (Å²) in [6, 6.07) is 6.85. The summed E-state index contributed by atoms with van der Waals surface area (Å²) in [4.78, 5) is 36.6. The van der Waals surface area contributed by atoms with Crippen molar-refractivity contribution in [1.29, 1.82) is 0 Å². The first-order valence-electron chi connectivity index (χ1n) is 8.85. The number of nitrogens with one attached hydrogen (secondary N) is 2. The van der Waals surface area contributed by atoms with E-state index in [-0.39, 0.29) is 24.2 Å². The molecule has 0 radical (unpaired) electrons. The van der Waals surface area contributed by atoms with Gasteiger partial charge in [-0.1, -0.05) is 19.9 Å². The number of benzene rings is 1. The summed E-state index contributed by atoms with van der Waals surface area (Å²) < 4.78 is 15.6. The highest BCUT2D eigenvalue weighted by Crippen LogP contribution is 2.33. The number of aliphatic carboxylic acids is 1. The molecular formula is C20H20N2O7. The fourth-order valence-electron chi connectivity index (χ4n) is 2.65. The van der Waals surface area contributed by atoms with Crippen LogP contribution in [0.5, 0.6) is 11.5 Å². The monoisotopic (exact) mass is 400 g/mol. The zero-order chi connectivity index (χ0) is 21.0. The van der Waals surface area contributed by atoms with Crippen molar-refractivity contribution >= 4 is 23.9 Å². The van der Waals surface area contributed by atoms with E-state index in [0.717, 1.165) is 0 Å². The Morgan fingerprint density at radius 1 is 1.14 bits per heavy atom. The molecule has 0 saturated heterocycles. The molecule has 9 nitrogen and oxygen atoms in total. The van der Waals surface area contributed by atoms with Crippen LogP contribution in [0.25, 0.3) is 6.08 Å². The van der Waals surface area contributed by atoms with Gasteiger partial charge in [0.1, 0.15) is 11.7 Å². The molecule has 1 aliphatic rings. The van der Waals surface area contributed by atoms with Gasteiger partial charge >= 0.3 is 5.97 Å². The molecule has 1 atom stereocenters. The van der Waals surface area contributed by atoms with Gasteiger partial charge in [0.25, 0.3) is 11.8 Å². The van der Waals surface area contributed by atoms with Crippen LogP contribution >= 0.6 is 0 Å². The van der Waals surface area contributed by atoms with Crippen LogP contribution in [0.2, 0.25) is 0 Å². The molecule has 9 heteroatoms. The molecular weight excluding hydrogens is 380 g/mol. The maximum Gasteiger partial charge on any atom is 0.326 e. The van der Waals surface area contributed by atoms with E-state index in [0.29, 0.717) is 17.1 Å². The Kier molecular flexibility index (Phi) is 5.87. The molecule has 0 saturated carbocycles. The fraction of sp³-hybridized carbons (Fsp3) is 0.250. The van der Waals surface area contributed by atoms with Crippen molar-refractivity contribution in [2.75, 3.05) is 6.79 Å². The highest BCUT2D eigenvalue weighted by Gasteiger charge is 2.26. The van der Waals surface area contributed by atoms with Crippen LogP contribution in [0, 0.1) is 5.92 Å². The minimum absolute atomic E-state index is 0.00744. The van der Waals surface area contributed by atoms with Crippen molar-refractivity contribution in [2.24, 2.45) is 5.92 Å². The lowest BCUT2D eigenvalue weighted by molar-refractivity contribution is -0.142. The smallest absolute Gasteiger partial charge is 0.326 e. The van der Waals surface area contributed by atoms with Gasteiger partial charge < -0.3 is 29.6 Å². The molecule has 3 rings (SSSR count). The lowest BCUT2D eigenvalue weighted by atomic mass is 10.0. The average molecular weight is 400 g/mol. The van der Waals surface area contributed by atoms with E-state index in [1.54, 1.807) is 32.0 Å². The summed E-state index contributed by atoms with van der Waals surface area (Å²) in [5.74, 6) is -1.84. The van der Waals surface area contributed by atoms with Crippen molar-refractivity contribution in [3.05, 3.63) is 53.6 Å². The number of furan rings is 1. The van der Waals surface area contributed by atoms with Gasteiger partial charge in [0.15, 0.2) is 17.3 Å². The molecule has 0 aliphatic carbocycles. The van der Waals surface area contributed by atoms with Crippen LogP contribution in [-0.4, -0.2) is 35.7 Å². The van der Waals surface area contributed by atoms with E-state index in [4.69, 9.17) is 13.9 Å². The Labute approximate surface area is 166 Å². The number of carbonyl (C=O) groups is 3. The van der Waals surface area contributed by atoms with Gasteiger partial charge in [-0.2, -0.15) is 0 Å². The lowest BCUT2D eigenvalue weighted by Crippen LogP contribution is -2.47. The zero-order valence-electron chi connectivity index (χ0n) is 15.8. The third-order valence-corrected chi connectivity index (χ3v) is 4.16. The number of carboxylic acids is 1. The molecule has 2 aromatic rings. The lowest BCUT2D eigenvalue weighted by Gasteiger charge is -2.19. The maximum absolute atomic E-state index is 12.8. The molecule has 3 N–H and O–H groups in total. The standard InChI is InChI=1S/C20H20N2O7/c1-11(2)17(20(25)26)22-18(23)13(21-19(24)15-4-3-7-27-15)8-12-5-6-14-16(9-12)29-10-28-14/h3-9,11,17H,10H2,1-2H3,(H,21,24)(H,22,23)(H,25,26)/b13-8-/t17-/m0/s1. The average Bonchev–Trinajstić information content (AvgIpc) is 3.36. The van der Waals surface area contributed by atoms with E-state index >= 15 is 0 Å². The number of fused-ring (bicyclic) bond motifs is 1. The molecule has 0 fully saturated rings. The fourth-order valence-corrected chi connectivity index (χ4v) is 2.65. The van der Waals surface area contributed by atoms with E-state index in [2.05, 4.69) is 10.6 Å². The molecule has 0 bridgehead atoms. The summed E-state index contributed by atoms with van der Waals surface area (Å²) in [6.07, 6.45) is 2.74. The quantitative estimate of drug-likeness (QED) is 0.607. The highest BCUT2D eigenvalue weighted by atomic mass is 16.7. The third kappa shape index (κ3) is 4.75. The van der Waals surface area contributed by atoms with Gasteiger partial charge in [0.2, 0.25) is 6.79 Å². The van der Waals surface area contributed by atoms with Crippen LogP contribution in [-0.2, 0) is 9.59 Å². The second kappa shape index (κ2) is 8.51. The summed E-state index contributed by atoms with van der Waals surface area (Å²) in [5.41, 5.74) is 0.410. The van der Waals surface area contributed by atoms with Crippen LogP contribution in [0.3, 0.4) is 0 Å². The number of ether oxygens (including phenoxy) is 2. The molecule has 2 amide bonds. The van der Waals surface area contributed by atoms with Gasteiger partial charge in [-0.3, -0.25) is 9.59 Å². The van der Waals surface area contributed by atoms with E-state index in [9.17, 15) is 19.5 Å². The Morgan fingerprint density at radius 3 is 2.55 bits per heavy atom. The van der Waals surface area contributed by atoms with Crippen molar-refractivity contribution in [3.63, 3.8) is 0 Å². The molecule has 1 aromatic carbocycles. The highest BCUT2D eigenvalue weighted by molar-refractivity contribution is 6.05. The number of carbonyl (C=O) groups excluding carboxylic acids is 2. The minimum atomic E-state index is -1.17. The minimum Gasteiger partial charge on any atom is -0.480 e. The van der Waals surface area contributed by atoms with Crippen molar-refractivity contribution in [1.82, 2.24) is 10.6 Å². The molecule has 2 heterocycles. The molecule has 1 aliphatic heterocycles. The van der Waals surface area contributed by atoms with Gasteiger partial charge in [0, 0.05) is 0 Å². The van der Waals surface area contributed by atoms with Gasteiger partial charge in [-0.15, -0.1) is 0 Å². The molecule has 152 valence electrons. The first kappa shape index (κ1) is 20.0. The second-order valence-corrected chi connectivity index (χ2v) is 6.64. The number of rotatable bonds is 7. The largest absolute Gasteiger partial charge is 0.480 e. The number of carboxylic acid groups (broad SMARTS) is 1. The number of hydrogen-bond donors (Lipinski definition) is 3. The molecule has 0 unspecified atom stereocenters. The molecule has 0 spiro atoms. The summed E-state index contributed by atoms with van der Waals surface area (Å²) in [6.45, 7) is 3.43.